The van der Waals surface area contributed by atoms with Crippen LogP contribution in [0.1, 0.15) is 37.6 Å². The van der Waals surface area contributed by atoms with E-state index in [0.717, 1.165) is 0 Å². The standard InChI is InChI=1S/C16H17Cl2NO4/c1-9(20)11-4-6-12(7-5-11)19-13(21)10(2)23-14(22)15(3)8-16(15,17)18/h4-7,10H,8H2,1-3H3,(H,19,21). The van der Waals surface area contributed by atoms with E-state index < -0.39 is 27.7 Å². The van der Waals surface area contributed by atoms with Gasteiger partial charge >= 0.3 is 5.97 Å². The Bertz CT molecular complexity index is 657. The van der Waals surface area contributed by atoms with Crippen molar-refractivity contribution in [1.82, 2.24) is 0 Å². The van der Waals surface area contributed by atoms with Crippen LogP contribution in [0.2, 0.25) is 0 Å². The number of ether oxygens (including phenoxy) is 1. The minimum Gasteiger partial charge on any atom is -0.452 e. The van der Waals surface area contributed by atoms with Gasteiger partial charge < -0.3 is 10.1 Å². The molecular formula is C16H17Cl2NO4. The van der Waals surface area contributed by atoms with E-state index >= 15 is 0 Å². The average Bonchev–Trinajstić information content (AvgIpc) is 2.99. The first-order valence-corrected chi connectivity index (χ1v) is 7.83. The van der Waals surface area contributed by atoms with Crippen molar-refractivity contribution in [1.29, 1.82) is 0 Å². The van der Waals surface area contributed by atoms with Gasteiger partial charge in [-0.15, -0.1) is 23.2 Å². The second-order valence-corrected chi connectivity index (χ2v) is 7.37. The number of hydrogen-bond acceptors (Lipinski definition) is 4. The monoisotopic (exact) mass is 357 g/mol. The zero-order chi connectivity index (χ0) is 17.4. The molecule has 7 heteroatoms. The summed E-state index contributed by atoms with van der Waals surface area (Å²) in [5.74, 6) is -1.14. The third-order valence-electron chi connectivity index (χ3n) is 3.92. The molecule has 0 radical (unpaired) electrons. The topological polar surface area (TPSA) is 72.5 Å². The van der Waals surface area contributed by atoms with Crippen LogP contribution in [0.4, 0.5) is 5.69 Å². The van der Waals surface area contributed by atoms with Crippen molar-refractivity contribution in [2.75, 3.05) is 5.32 Å². The van der Waals surface area contributed by atoms with Crippen molar-refractivity contribution < 1.29 is 19.1 Å². The zero-order valence-corrected chi connectivity index (χ0v) is 14.5. The number of benzene rings is 1. The van der Waals surface area contributed by atoms with Crippen LogP contribution in [0.5, 0.6) is 0 Å². The molecule has 1 saturated carbocycles. The number of carbonyl (C=O) groups is 3. The first-order valence-electron chi connectivity index (χ1n) is 7.07. The van der Waals surface area contributed by atoms with Gasteiger partial charge in [-0.25, -0.2) is 0 Å². The summed E-state index contributed by atoms with van der Waals surface area (Å²) in [6, 6.07) is 6.42. The summed E-state index contributed by atoms with van der Waals surface area (Å²) in [6.45, 7) is 4.52. The maximum Gasteiger partial charge on any atom is 0.315 e. The number of alkyl halides is 2. The third-order valence-corrected chi connectivity index (χ3v) is 5.02. The Hall–Kier alpha value is -1.59. The molecule has 1 aromatic carbocycles. The number of hydrogen-bond donors (Lipinski definition) is 1. The van der Waals surface area contributed by atoms with Crippen LogP contribution in [0.3, 0.4) is 0 Å². The summed E-state index contributed by atoms with van der Waals surface area (Å²) in [6.07, 6.45) is -0.695. The molecule has 23 heavy (non-hydrogen) atoms. The zero-order valence-electron chi connectivity index (χ0n) is 13.0. The van der Waals surface area contributed by atoms with Crippen molar-refractivity contribution in [3.8, 4) is 0 Å². The minimum absolute atomic E-state index is 0.0616. The van der Waals surface area contributed by atoms with Gasteiger partial charge in [0.2, 0.25) is 0 Å². The predicted molar refractivity (Wildman–Crippen MR) is 87.8 cm³/mol. The lowest BCUT2D eigenvalue weighted by molar-refractivity contribution is -0.158. The molecule has 0 spiro atoms. The fraction of sp³-hybridized carbons (Fsp3) is 0.438. The molecule has 0 aliphatic heterocycles. The molecule has 1 aliphatic rings. The van der Waals surface area contributed by atoms with Gasteiger partial charge in [0, 0.05) is 17.7 Å². The number of Topliss-reactive ketones (excluding diaryl/α,β-unsaturated/α-hetero) is 1. The lowest BCUT2D eigenvalue weighted by Crippen LogP contribution is -2.33. The Labute approximate surface area is 144 Å². The van der Waals surface area contributed by atoms with E-state index in [0.29, 0.717) is 17.7 Å². The average molecular weight is 358 g/mol. The molecule has 0 heterocycles. The molecule has 1 aromatic rings. The molecule has 0 bridgehead atoms. The second-order valence-electron chi connectivity index (χ2n) is 5.88. The van der Waals surface area contributed by atoms with E-state index in [2.05, 4.69) is 5.32 Å². The normalized spacial score (nSPS) is 22.8. The van der Waals surface area contributed by atoms with Gasteiger partial charge in [0.15, 0.2) is 11.9 Å². The predicted octanol–water partition coefficient (Wildman–Crippen LogP) is 3.34. The summed E-state index contributed by atoms with van der Waals surface area (Å²) in [5, 5.41) is 2.61. The van der Waals surface area contributed by atoms with Gasteiger partial charge in [0.05, 0.1) is 0 Å². The smallest absolute Gasteiger partial charge is 0.315 e. The largest absolute Gasteiger partial charge is 0.452 e. The van der Waals surface area contributed by atoms with Gasteiger partial charge in [-0.05, 0) is 45.0 Å². The summed E-state index contributed by atoms with van der Waals surface area (Å²) in [7, 11) is 0. The van der Waals surface area contributed by atoms with Gasteiger partial charge in [-0.1, -0.05) is 0 Å². The van der Waals surface area contributed by atoms with Gasteiger partial charge in [0.25, 0.3) is 5.91 Å². The number of nitrogens with one attached hydrogen (secondary N) is 1. The van der Waals surface area contributed by atoms with Crippen LogP contribution in [0.15, 0.2) is 24.3 Å². The second kappa shape index (κ2) is 6.13. The fourth-order valence-corrected chi connectivity index (χ4v) is 2.69. The highest BCUT2D eigenvalue weighted by molar-refractivity contribution is 6.53. The maximum absolute atomic E-state index is 12.1. The molecule has 2 rings (SSSR count). The number of halogens is 2. The van der Waals surface area contributed by atoms with E-state index in [1.807, 2.05) is 0 Å². The van der Waals surface area contributed by atoms with Gasteiger partial charge in [-0.2, -0.15) is 0 Å². The van der Waals surface area contributed by atoms with E-state index in [1.165, 1.54) is 13.8 Å². The Morgan fingerprint density at radius 3 is 2.17 bits per heavy atom. The minimum atomic E-state index is -1.14. The fourth-order valence-electron chi connectivity index (χ4n) is 2.00. The van der Waals surface area contributed by atoms with Crippen molar-refractivity contribution in [3.05, 3.63) is 29.8 Å². The summed E-state index contributed by atoms with van der Waals surface area (Å²) >= 11 is 11.8. The number of esters is 1. The molecule has 1 fully saturated rings. The molecule has 1 aliphatic carbocycles. The van der Waals surface area contributed by atoms with Crippen molar-refractivity contribution >= 4 is 46.5 Å². The number of rotatable bonds is 5. The van der Waals surface area contributed by atoms with Crippen LogP contribution in [-0.4, -0.2) is 28.1 Å². The quantitative estimate of drug-likeness (QED) is 0.498. The summed E-state index contributed by atoms with van der Waals surface area (Å²) < 4.78 is 4.00. The van der Waals surface area contributed by atoms with Crippen LogP contribution in [0, 0.1) is 5.41 Å². The molecule has 0 aromatic heterocycles. The molecule has 0 saturated heterocycles. The molecule has 2 unspecified atom stereocenters. The van der Waals surface area contributed by atoms with Crippen LogP contribution in [0.25, 0.3) is 0 Å². The number of ketones is 1. The Kier molecular flexibility index (Phi) is 4.74. The summed E-state index contributed by atoms with van der Waals surface area (Å²) in [5.41, 5.74) is 0.0719. The van der Waals surface area contributed by atoms with Crippen molar-refractivity contribution in [2.45, 2.75) is 37.6 Å². The Morgan fingerprint density at radius 2 is 1.74 bits per heavy atom. The third kappa shape index (κ3) is 3.67. The highest BCUT2D eigenvalue weighted by Crippen LogP contribution is 2.64. The first-order chi connectivity index (χ1) is 10.6. The lowest BCUT2D eigenvalue weighted by atomic mass is 10.1. The van der Waals surface area contributed by atoms with E-state index in [9.17, 15) is 14.4 Å². The van der Waals surface area contributed by atoms with Crippen molar-refractivity contribution in [2.24, 2.45) is 5.41 Å². The first kappa shape index (κ1) is 17.8. The lowest BCUT2D eigenvalue weighted by Gasteiger charge is -2.17. The van der Waals surface area contributed by atoms with Gasteiger partial charge in [0.1, 0.15) is 9.75 Å². The van der Waals surface area contributed by atoms with E-state index in [-0.39, 0.29) is 5.78 Å². The van der Waals surface area contributed by atoms with Gasteiger partial charge in [-0.3, -0.25) is 14.4 Å². The molecular weight excluding hydrogens is 341 g/mol. The van der Waals surface area contributed by atoms with E-state index in [1.54, 1.807) is 31.2 Å². The highest BCUT2D eigenvalue weighted by atomic mass is 35.5. The van der Waals surface area contributed by atoms with Crippen LogP contribution < -0.4 is 5.32 Å². The number of amides is 1. The summed E-state index contributed by atoms with van der Waals surface area (Å²) in [4.78, 5) is 35.3. The Balaban J connectivity index is 1.93. The molecule has 1 amide bonds. The molecule has 124 valence electrons. The number of anilines is 1. The molecule has 5 nitrogen and oxygen atoms in total. The SMILES string of the molecule is CC(=O)c1ccc(NC(=O)C(C)OC(=O)C2(C)CC2(Cl)Cl)cc1. The molecule has 2 atom stereocenters. The van der Waals surface area contributed by atoms with E-state index in [4.69, 9.17) is 27.9 Å². The van der Waals surface area contributed by atoms with Crippen LogP contribution in [-0.2, 0) is 14.3 Å². The van der Waals surface area contributed by atoms with Crippen LogP contribution >= 0.6 is 23.2 Å². The Morgan fingerprint density at radius 1 is 1.22 bits per heavy atom. The molecule has 1 N–H and O–H groups in total. The highest BCUT2D eigenvalue weighted by Gasteiger charge is 2.69. The maximum atomic E-state index is 12.1. The number of carbonyl (C=O) groups excluding carboxylic acids is 3. The van der Waals surface area contributed by atoms with Crippen molar-refractivity contribution in [3.63, 3.8) is 0 Å².